The van der Waals surface area contributed by atoms with Crippen LogP contribution in [0.2, 0.25) is 5.02 Å². The lowest BCUT2D eigenvalue weighted by Crippen LogP contribution is -2.26. The number of rotatable bonds is 6. The standard InChI is InChI=1S/C20H17ClFN3O/c21-17-12-15(6-8-18(17)22)25-16-7-9-19(24-13-16)20(26)23-11-10-14-4-2-1-3-5-14/h1-9,12-13,25H,10-11H2,(H,23,26). The van der Waals surface area contributed by atoms with Crippen LogP contribution in [0, 0.1) is 5.82 Å². The summed E-state index contributed by atoms with van der Waals surface area (Å²) in [4.78, 5) is 16.3. The zero-order valence-corrected chi connectivity index (χ0v) is 14.6. The molecule has 1 amide bonds. The summed E-state index contributed by atoms with van der Waals surface area (Å²) in [5, 5.41) is 5.95. The molecule has 2 N–H and O–H groups in total. The van der Waals surface area contributed by atoms with Crippen molar-refractivity contribution in [1.82, 2.24) is 10.3 Å². The summed E-state index contributed by atoms with van der Waals surface area (Å²) in [6.07, 6.45) is 2.31. The van der Waals surface area contributed by atoms with E-state index in [0.29, 0.717) is 23.6 Å². The van der Waals surface area contributed by atoms with Crippen molar-refractivity contribution in [2.45, 2.75) is 6.42 Å². The van der Waals surface area contributed by atoms with Gasteiger partial charge in [0.2, 0.25) is 0 Å². The smallest absolute Gasteiger partial charge is 0.269 e. The molecule has 4 nitrogen and oxygen atoms in total. The van der Waals surface area contributed by atoms with Crippen LogP contribution in [0.3, 0.4) is 0 Å². The summed E-state index contributed by atoms with van der Waals surface area (Å²) in [5.41, 5.74) is 2.81. The summed E-state index contributed by atoms with van der Waals surface area (Å²) in [7, 11) is 0. The van der Waals surface area contributed by atoms with Crippen molar-refractivity contribution < 1.29 is 9.18 Å². The lowest BCUT2D eigenvalue weighted by molar-refractivity contribution is 0.0949. The molecule has 2 aromatic carbocycles. The molecular formula is C20H17ClFN3O. The van der Waals surface area contributed by atoms with Crippen LogP contribution in [0.25, 0.3) is 0 Å². The topological polar surface area (TPSA) is 54.0 Å². The molecule has 0 aliphatic heterocycles. The van der Waals surface area contributed by atoms with E-state index in [1.54, 1.807) is 24.4 Å². The molecule has 0 bridgehead atoms. The first kappa shape index (κ1) is 17.9. The van der Waals surface area contributed by atoms with Gasteiger partial charge in [-0.15, -0.1) is 0 Å². The molecule has 3 aromatic rings. The highest BCUT2D eigenvalue weighted by molar-refractivity contribution is 6.31. The molecule has 132 valence electrons. The molecule has 1 heterocycles. The zero-order valence-electron chi connectivity index (χ0n) is 13.9. The van der Waals surface area contributed by atoms with Gasteiger partial charge in [-0.1, -0.05) is 41.9 Å². The van der Waals surface area contributed by atoms with E-state index in [9.17, 15) is 9.18 Å². The Bertz CT molecular complexity index is 885. The predicted octanol–water partition coefficient (Wildman–Crippen LogP) is 4.59. The largest absolute Gasteiger partial charge is 0.354 e. The summed E-state index contributed by atoms with van der Waals surface area (Å²) >= 11 is 5.76. The summed E-state index contributed by atoms with van der Waals surface area (Å²) in [6, 6.07) is 17.7. The van der Waals surface area contributed by atoms with Crippen LogP contribution in [0.1, 0.15) is 16.1 Å². The number of nitrogens with one attached hydrogen (secondary N) is 2. The Labute approximate surface area is 156 Å². The van der Waals surface area contributed by atoms with Crippen LogP contribution in [0.4, 0.5) is 15.8 Å². The minimum absolute atomic E-state index is 0.0392. The highest BCUT2D eigenvalue weighted by atomic mass is 35.5. The molecule has 26 heavy (non-hydrogen) atoms. The van der Waals surface area contributed by atoms with Gasteiger partial charge in [-0.25, -0.2) is 9.37 Å². The van der Waals surface area contributed by atoms with E-state index < -0.39 is 5.82 Å². The third kappa shape index (κ3) is 4.80. The fourth-order valence-corrected chi connectivity index (χ4v) is 2.58. The predicted molar refractivity (Wildman–Crippen MR) is 101 cm³/mol. The molecular weight excluding hydrogens is 353 g/mol. The Hall–Kier alpha value is -2.92. The highest BCUT2D eigenvalue weighted by Crippen LogP contribution is 2.22. The number of benzene rings is 2. The minimum atomic E-state index is -0.474. The molecule has 3 rings (SSSR count). The van der Waals surface area contributed by atoms with Crippen molar-refractivity contribution in [2.75, 3.05) is 11.9 Å². The zero-order chi connectivity index (χ0) is 18.4. The van der Waals surface area contributed by atoms with Crippen LogP contribution in [-0.4, -0.2) is 17.4 Å². The molecule has 0 aliphatic rings. The van der Waals surface area contributed by atoms with Gasteiger partial charge in [-0.05, 0) is 42.3 Å². The molecule has 0 spiro atoms. The van der Waals surface area contributed by atoms with Crippen LogP contribution in [0.5, 0.6) is 0 Å². The van der Waals surface area contributed by atoms with Crippen molar-refractivity contribution >= 4 is 28.9 Å². The van der Waals surface area contributed by atoms with E-state index in [1.165, 1.54) is 17.7 Å². The Morgan fingerprint density at radius 1 is 1.04 bits per heavy atom. The second kappa shape index (κ2) is 8.45. The van der Waals surface area contributed by atoms with Gasteiger partial charge in [0, 0.05) is 12.2 Å². The molecule has 0 fully saturated rings. The lowest BCUT2D eigenvalue weighted by Gasteiger charge is -2.08. The van der Waals surface area contributed by atoms with Crippen LogP contribution in [-0.2, 0) is 6.42 Å². The Balaban J connectivity index is 1.54. The van der Waals surface area contributed by atoms with E-state index in [4.69, 9.17) is 11.6 Å². The number of hydrogen-bond donors (Lipinski definition) is 2. The van der Waals surface area contributed by atoms with E-state index in [-0.39, 0.29) is 10.9 Å². The summed E-state index contributed by atoms with van der Waals surface area (Å²) < 4.78 is 13.2. The maximum Gasteiger partial charge on any atom is 0.269 e. The number of hydrogen-bond acceptors (Lipinski definition) is 3. The normalized spacial score (nSPS) is 10.4. The number of anilines is 2. The summed E-state index contributed by atoms with van der Waals surface area (Å²) in [5.74, 6) is -0.699. The first-order chi connectivity index (χ1) is 12.6. The molecule has 0 unspecified atom stereocenters. The molecule has 6 heteroatoms. The molecule has 1 aromatic heterocycles. The van der Waals surface area contributed by atoms with Gasteiger partial charge in [0.05, 0.1) is 16.9 Å². The SMILES string of the molecule is O=C(NCCc1ccccc1)c1ccc(Nc2ccc(F)c(Cl)c2)cn1. The van der Waals surface area contributed by atoms with E-state index in [1.807, 2.05) is 30.3 Å². The van der Waals surface area contributed by atoms with Crippen LogP contribution in [0.15, 0.2) is 66.9 Å². The third-order valence-corrected chi connectivity index (χ3v) is 4.04. The Morgan fingerprint density at radius 3 is 2.50 bits per heavy atom. The molecule has 0 radical (unpaired) electrons. The van der Waals surface area contributed by atoms with E-state index in [0.717, 1.165) is 6.42 Å². The Morgan fingerprint density at radius 2 is 1.81 bits per heavy atom. The van der Waals surface area contributed by atoms with Crippen molar-refractivity contribution in [3.8, 4) is 0 Å². The minimum Gasteiger partial charge on any atom is -0.354 e. The average Bonchev–Trinajstić information content (AvgIpc) is 2.66. The van der Waals surface area contributed by atoms with Gasteiger partial charge < -0.3 is 10.6 Å². The van der Waals surface area contributed by atoms with Gasteiger partial charge in [0.15, 0.2) is 0 Å². The van der Waals surface area contributed by atoms with Gasteiger partial charge in [0.25, 0.3) is 5.91 Å². The lowest BCUT2D eigenvalue weighted by atomic mass is 10.1. The molecule has 0 saturated heterocycles. The molecule has 0 aliphatic carbocycles. The monoisotopic (exact) mass is 369 g/mol. The van der Waals surface area contributed by atoms with Crippen LogP contribution >= 0.6 is 11.6 Å². The second-order valence-corrected chi connectivity index (χ2v) is 6.08. The number of halogens is 2. The maximum absolute atomic E-state index is 13.2. The van der Waals surface area contributed by atoms with Crippen molar-refractivity contribution in [3.05, 3.63) is 89.0 Å². The fraction of sp³-hybridized carbons (Fsp3) is 0.100. The first-order valence-electron chi connectivity index (χ1n) is 8.12. The number of amides is 1. The second-order valence-electron chi connectivity index (χ2n) is 5.68. The number of aromatic nitrogens is 1. The third-order valence-electron chi connectivity index (χ3n) is 3.75. The molecule has 0 atom stereocenters. The van der Waals surface area contributed by atoms with Gasteiger partial charge in [-0.3, -0.25) is 4.79 Å². The van der Waals surface area contributed by atoms with E-state index >= 15 is 0 Å². The Kier molecular flexibility index (Phi) is 5.81. The van der Waals surface area contributed by atoms with E-state index in [2.05, 4.69) is 15.6 Å². The summed E-state index contributed by atoms with van der Waals surface area (Å²) in [6.45, 7) is 0.540. The number of pyridine rings is 1. The number of carbonyl (C=O) groups is 1. The maximum atomic E-state index is 13.2. The number of carbonyl (C=O) groups excluding carboxylic acids is 1. The fourth-order valence-electron chi connectivity index (χ4n) is 2.40. The number of nitrogens with zero attached hydrogens (tertiary/aromatic N) is 1. The van der Waals surface area contributed by atoms with Gasteiger partial charge >= 0.3 is 0 Å². The van der Waals surface area contributed by atoms with Crippen molar-refractivity contribution in [2.24, 2.45) is 0 Å². The quantitative estimate of drug-likeness (QED) is 0.668. The average molecular weight is 370 g/mol. The molecule has 0 saturated carbocycles. The highest BCUT2D eigenvalue weighted by Gasteiger charge is 2.07. The first-order valence-corrected chi connectivity index (χ1v) is 8.50. The van der Waals surface area contributed by atoms with Gasteiger partial charge in [0.1, 0.15) is 11.5 Å². The van der Waals surface area contributed by atoms with Crippen molar-refractivity contribution in [1.29, 1.82) is 0 Å². The van der Waals surface area contributed by atoms with Crippen molar-refractivity contribution in [3.63, 3.8) is 0 Å². The van der Waals surface area contributed by atoms with Gasteiger partial charge in [-0.2, -0.15) is 0 Å². The van der Waals surface area contributed by atoms with Crippen LogP contribution < -0.4 is 10.6 Å².